The Morgan fingerprint density at radius 3 is 2.48 bits per heavy atom. The molecule has 0 aromatic heterocycles. The molecule has 134 valence electrons. The number of carbonyl (C=O) groups excluding carboxylic acids is 3. The third kappa shape index (κ3) is 1.85. The number of ketones is 2. The van der Waals surface area contributed by atoms with Crippen molar-refractivity contribution in [3.8, 4) is 5.75 Å². The molecule has 27 heavy (non-hydrogen) atoms. The van der Waals surface area contributed by atoms with E-state index in [0.29, 0.717) is 12.2 Å². The molecule has 4 nitrogen and oxygen atoms in total. The quantitative estimate of drug-likeness (QED) is 0.358. The first-order valence-electron chi connectivity index (χ1n) is 9.60. The molecule has 2 aromatic rings. The third-order valence-corrected chi connectivity index (χ3v) is 7.23. The fraction of sp³-hybridized carbons (Fsp3) is 0.348. The second kappa shape index (κ2) is 5.16. The zero-order valence-corrected chi connectivity index (χ0v) is 14.6. The second-order valence-electron chi connectivity index (χ2n) is 8.27. The summed E-state index contributed by atoms with van der Waals surface area (Å²) in [6.07, 6.45) is 4.46. The van der Waals surface area contributed by atoms with Crippen LogP contribution in [0.1, 0.15) is 6.42 Å². The summed E-state index contributed by atoms with van der Waals surface area (Å²) in [7, 11) is 0. The molecule has 4 aliphatic carbocycles. The lowest BCUT2D eigenvalue weighted by molar-refractivity contribution is -0.143. The summed E-state index contributed by atoms with van der Waals surface area (Å²) in [4.78, 5) is 38.3. The second-order valence-corrected chi connectivity index (χ2v) is 8.27. The molecule has 4 bridgehead atoms. The molecule has 7 atom stereocenters. The summed E-state index contributed by atoms with van der Waals surface area (Å²) in [5.41, 5.74) is 0. The average molecular weight is 358 g/mol. The molecule has 3 saturated carbocycles. The van der Waals surface area contributed by atoms with Gasteiger partial charge in [0.15, 0.2) is 0 Å². The highest BCUT2D eigenvalue weighted by atomic mass is 16.5. The number of ether oxygens (including phenoxy) is 1. The Bertz CT molecular complexity index is 1050. The van der Waals surface area contributed by atoms with Gasteiger partial charge in [0.2, 0.25) is 0 Å². The smallest absolute Gasteiger partial charge is 0.315 e. The van der Waals surface area contributed by atoms with E-state index in [4.69, 9.17) is 4.74 Å². The van der Waals surface area contributed by atoms with Gasteiger partial charge >= 0.3 is 5.97 Å². The normalized spacial score (nSPS) is 38.0. The molecule has 0 radical (unpaired) electrons. The SMILES string of the molecule is O=C1C2C=CC1C1C3C(=O)C(CC3C(=O)Oc3cccc4ccccc34)C21. The van der Waals surface area contributed by atoms with Gasteiger partial charge in [0.25, 0.3) is 0 Å². The zero-order valence-electron chi connectivity index (χ0n) is 14.6. The maximum atomic E-state index is 13.0. The number of fused-ring (bicyclic) bond motifs is 10. The highest BCUT2D eigenvalue weighted by Crippen LogP contribution is 2.64. The number of allylic oxidation sites excluding steroid dienone is 2. The number of rotatable bonds is 2. The van der Waals surface area contributed by atoms with Gasteiger partial charge in [-0.25, -0.2) is 0 Å². The summed E-state index contributed by atoms with van der Waals surface area (Å²) >= 11 is 0. The highest BCUT2D eigenvalue weighted by Gasteiger charge is 2.69. The van der Waals surface area contributed by atoms with Crippen molar-refractivity contribution in [2.45, 2.75) is 6.42 Å². The summed E-state index contributed by atoms with van der Waals surface area (Å²) < 4.78 is 5.77. The average Bonchev–Trinajstić information content (AvgIpc) is 3.38. The van der Waals surface area contributed by atoms with E-state index in [1.165, 1.54) is 0 Å². The van der Waals surface area contributed by atoms with Crippen molar-refractivity contribution in [1.82, 2.24) is 0 Å². The molecule has 2 aromatic carbocycles. The van der Waals surface area contributed by atoms with Crippen molar-refractivity contribution in [2.75, 3.05) is 0 Å². The van der Waals surface area contributed by atoms with Crippen LogP contribution in [0.2, 0.25) is 0 Å². The van der Waals surface area contributed by atoms with E-state index in [0.717, 1.165) is 10.8 Å². The maximum Gasteiger partial charge on any atom is 0.315 e. The van der Waals surface area contributed by atoms with E-state index in [1.807, 2.05) is 48.6 Å². The van der Waals surface area contributed by atoms with Crippen molar-refractivity contribution < 1.29 is 19.1 Å². The molecule has 3 fully saturated rings. The van der Waals surface area contributed by atoms with Gasteiger partial charge < -0.3 is 4.74 Å². The molecule has 4 heteroatoms. The Labute approximate surface area is 156 Å². The number of benzene rings is 2. The van der Waals surface area contributed by atoms with Gasteiger partial charge in [-0.05, 0) is 29.7 Å². The maximum absolute atomic E-state index is 13.0. The highest BCUT2D eigenvalue weighted by molar-refractivity contribution is 6.01. The van der Waals surface area contributed by atoms with Crippen molar-refractivity contribution in [3.63, 3.8) is 0 Å². The van der Waals surface area contributed by atoms with Crippen molar-refractivity contribution in [3.05, 3.63) is 54.6 Å². The van der Waals surface area contributed by atoms with Crippen molar-refractivity contribution in [2.24, 2.45) is 41.4 Å². The topological polar surface area (TPSA) is 60.4 Å². The molecular weight excluding hydrogens is 340 g/mol. The van der Waals surface area contributed by atoms with Crippen LogP contribution in [-0.4, -0.2) is 17.5 Å². The predicted octanol–water partition coefficient (Wildman–Crippen LogP) is 3.20. The molecule has 0 heterocycles. The molecular formula is C23H18O4. The lowest BCUT2D eigenvalue weighted by Crippen LogP contribution is -2.36. The first-order chi connectivity index (χ1) is 13.1. The molecule has 0 spiro atoms. The molecule has 7 unspecified atom stereocenters. The van der Waals surface area contributed by atoms with E-state index in [9.17, 15) is 14.4 Å². The molecule has 0 N–H and O–H groups in total. The van der Waals surface area contributed by atoms with Gasteiger partial charge in [0.05, 0.1) is 5.92 Å². The number of hydrogen-bond donors (Lipinski definition) is 0. The Morgan fingerprint density at radius 2 is 1.63 bits per heavy atom. The van der Waals surface area contributed by atoms with Gasteiger partial charge in [0, 0.05) is 29.1 Å². The van der Waals surface area contributed by atoms with Crippen molar-refractivity contribution in [1.29, 1.82) is 0 Å². The molecule has 0 amide bonds. The van der Waals surface area contributed by atoms with E-state index in [2.05, 4.69) is 0 Å². The molecule has 6 rings (SSSR count). The van der Waals surface area contributed by atoms with Crippen LogP contribution in [0.4, 0.5) is 0 Å². The Balaban J connectivity index is 1.31. The standard InChI is InChI=1S/C23H18O4/c24-21-13-8-9-14(21)19-18(13)15-10-16(20(19)22(15)25)23(26)27-17-7-3-5-11-4-1-2-6-12(11)17/h1-9,13-16,18-20H,10H2. The van der Waals surface area contributed by atoms with Gasteiger partial charge in [-0.3, -0.25) is 14.4 Å². The lowest BCUT2D eigenvalue weighted by atomic mass is 9.69. The summed E-state index contributed by atoms with van der Waals surface area (Å²) in [5.74, 6) is -0.467. The molecule has 0 aliphatic heterocycles. The number of hydrogen-bond acceptors (Lipinski definition) is 4. The molecule has 0 saturated heterocycles. The van der Waals surface area contributed by atoms with Crippen LogP contribution in [0.3, 0.4) is 0 Å². The molecule has 4 aliphatic rings. The first kappa shape index (κ1) is 15.3. The van der Waals surface area contributed by atoms with E-state index >= 15 is 0 Å². The largest absolute Gasteiger partial charge is 0.426 e. The van der Waals surface area contributed by atoms with Gasteiger partial charge in [-0.15, -0.1) is 0 Å². The Hall–Kier alpha value is -2.75. The van der Waals surface area contributed by atoms with E-state index in [1.54, 1.807) is 6.07 Å². The van der Waals surface area contributed by atoms with Crippen LogP contribution in [0, 0.1) is 41.4 Å². The predicted molar refractivity (Wildman–Crippen MR) is 97.8 cm³/mol. The minimum Gasteiger partial charge on any atom is -0.426 e. The van der Waals surface area contributed by atoms with E-state index < -0.39 is 5.92 Å². The summed E-state index contributed by atoms with van der Waals surface area (Å²) in [6.45, 7) is 0. The first-order valence-corrected chi connectivity index (χ1v) is 9.60. The fourth-order valence-electron chi connectivity index (χ4n) is 6.25. The van der Waals surface area contributed by atoms with Crippen molar-refractivity contribution >= 4 is 28.3 Å². The van der Waals surface area contributed by atoms with Gasteiger partial charge in [-0.2, -0.15) is 0 Å². The monoisotopic (exact) mass is 358 g/mol. The zero-order chi connectivity index (χ0) is 18.3. The van der Waals surface area contributed by atoms with Crippen LogP contribution in [0.15, 0.2) is 54.6 Å². The van der Waals surface area contributed by atoms with Crippen LogP contribution in [0.25, 0.3) is 10.8 Å². The van der Waals surface area contributed by atoms with E-state index in [-0.39, 0.29) is 53.0 Å². The minimum absolute atomic E-state index is 0.00353. The summed E-state index contributed by atoms with van der Waals surface area (Å²) in [5, 5.41) is 1.90. The number of esters is 1. The van der Waals surface area contributed by atoms with Crippen LogP contribution in [-0.2, 0) is 14.4 Å². The van der Waals surface area contributed by atoms with Gasteiger partial charge in [-0.1, -0.05) is 48.6 Å². The Kier molecular flexibility index (Phi) is 2.93. The number of Topliss-reactive ketones (excluding diaryl/α,β-unsaturated/α-hetero) is 2. The lowest BCUT2D eigenvalue weighted by Gasteiger charge is -2.33. The van der Waals surface area contributed by atoms with Gasteiger partial charge in [0.1, 0.15) is 17.3 Å². The third-order valence-electron chi connectivity index (χ3n) is 7.23. The number of carbonyl (C=O) groups is 3. The van der Waals surface area contributed by atoms with Crippen LogP contribution < -0.4 is 4.74 Å². The minimum atomic E-state index is -0.428. The summed E-state index contributed by atoms with van der Waals surface area (Å²) in [6, 6.07) is 13.4. The van der Waals surface area contributed by atoms with Crippen LogP contribution >= 0.6 is 0 Å². The fourth-order valence-corrected chi connectivity index (χ4v) is 6.25. The Morgan fingerprint density at radius 1 is 0.889 bits per heavy atom. The van der Waals surface area contributed by atoms with Crippen LogP contribution in [0.5, 0.6) is 5.75 Å².